The molecule has 2 aromatic rings. The molecule has 0 saturated heterocycles. The first-order chi connectivity index (χ1) is 11.1. The van der Waals surface area contributed by atoms with E-state index in [0.29, 0.717) is 23.4 Å². The third-order valence-corrected chi connectivity index (χ3v) is 3.08. The van der Waals surface area contributed by atoms with Gasteiger partial charge in [0.15, 0.2) is 0 Å². The molecule has 23 heavy (non-hydrogen) atoms. The lowest BCUT2D eigenvalue weighted by atomic mass is 10.0. The Balaban J connectivity index is 2.57. The van der Waals surface area contributed by atoms with Gasteiger partial charge in [0.2, 0.25) is 5.95 Å². The van der Waals surface area contributed by atoms with Crippen LogP contribution in [0.2, 0.25) is 0 Å². The summed E-state index contributed by atoms with van der Waals surface area (Å²) in [5.74, 6) is 3.13. The number of ether oxygens (including phenoxy) is 1. The van der Waals surface area contributed by atoms with Crippen LogP contribution in [0.5, 0.6) is 5.75 Å². The monoisotopic (exact) mass is 305 g/mol. The second kappa shape index (κ2) is 6.97. The van der Waals surface area contributed by atoms with Crippen LogP contribution in [-0.2, 0) is 6.42 Å². The molecule has 0 fully saturated rings. The number of aromatic nitrogens is 2. The van der Waals surface area contributed by atoms with Crippen molar-refractivity contribution in [1.29, 1.82) is 5.26 Å². The number of rotatable bonds is 5. The van der Waals surface area contributed by atoms with E-state index >= 15 is 0 Å². The van der Waals surface area contributed by atoms with Crippen LogP contribution in [-0.4, -0.2) is 16.6 Å². The summed E-state index contributed by atoms with van der Waals surface area (Å²) in [5.41, 5.74) is 13.5. The van der Waals surface area contributed by atoms with Crippen molar-refractivity contribution in [2.24, 2.45) is 0 Å². The van der Waals surface area contributed by atoms with Gasteiger partial charge in [-0.15, -0.1) is 13.0 Å². The third-order valence-electron chi connectivity index (χ3n) is 3.08. The summed E-state index contributed by atoms with van der Waals surface area (Å²) < 4.78 is 5.50. The van der Waals surface area contributed by atoms with Crippen molar-refractivity contribution >= 4 is 11.8 Å². The van der Waals surface area contributed by atoms with E-state index in [1.807, 2.05) is 12.1 Å². The fraction of sp³-hybridized carbons (Fsp3) is 0.118. The third kappa shape index (κ3) is 3.39. The molecule has 0 spiro atoms. The summed E-state index contributed by atoms with van der Waals surface area (Å²) in [6.45, 7) is 3.89. The first-order valence-corrected chi connectivity index (χ1v) is 6.74. The Morgan fingerprint density at radius 3 is 2.78 bits per heavy atom. The Kier molecular flexibility index (Phi) is 4.81. The number of hydrogen-bond donors (Lipinski definition) is 2. The molecule has 114 valence electrons. The first-order valence-electron chi connectivity index (χ1n) is 6.74. The second-order valence-electron chi connectivity index (χ2n) is 4.61. The molecule has 0 aliphatic carbocycles. The summed E-state index contributed by atoms with van der Waals surface area (Å²) in [6, 6.07) is 7.38. The van der Waals surface area contributed by atoms with Crippen molar-refractivity contribution < 1.29 is 4.74 Å². The van der Waals surface area contributed by atoms with Crippen molar-refractivity contribution in [3.63, 3.8) is 0 Å². The number of terminal acetylenes is 1. The molecular formula is C17H15N5O. The van der Waals surface area contributed by atoms with Gasteiger partial charge in [-0.1, -0.05) is 12.0 Å². The van der Waals surface area contributed by atoms with Crippen molar-refractivity contribution in [2.45, 2.75) is 6.42 Å². The van der Waals surface area contributed by atoms with E-state index in [2.05, 4.69) is 22.5 Å². The maximum absolute atomic E-state index is 9.28. The number of anilines is 2. The number of nitrogens with zero attached hydrogens (tertiary/aromatic N) is 3. The number of allylic oxidation sites excluding steroid dienone is 1. The zero-order valence-corrected chi connectivity index (χ0v) is 12.4. The van der Waals surface area contributed by atoms with E-state index in [0.717, 1.165) is 5.56 Å². The van der Waals surface area contributed by atoms with Gasteiger partial charge in [-0.3, -0.25) is 0 Å². The van der Waals surface area contributed by atoms with Gasteiger partial charge >= 0.3 is 0 Å². The molecule has 4 N–H and O–H groups in total. The Bertz CT molecular complexity index is 830. The van der Waals surface area contributed by atoms with Gasteiger partial charge in [0.1, 0.15) is 29.8 Å². The minimum absolute atomic E-state index is 0.00873. The maximum atomic E-state index is 9.28. The van der Waals surface area contributed by atoms with Crippen molar-refractivity contribution in [3.8, 4) is 35.4 Å². The normalized spacial score (nSPS) is 9.65. The van der Waals surface area contributed by atoms with Crippen LogP contribution in [0.15, 0.2) is 30.9 Å². The number of nitrogens with two attached hydrogens (primary N) is 2. The highest BCUT2D eigenvalue weighted by molar-refractivity contribution is 5.74. The second-order valence-corrected chi connectivity index (χ2v) is 4.61. The highest BCUT2D eigenvalue weighted by atomic mass is 16.5. The molecule has 0 saturated carbocycles. The quantitative estimate of drug-likeness (QED) is 0.645. The van der Waals surface area contributed by atoms with Gasteiger partial charge < -0.3 is 16.2 Å². The predicted molar refractivity (Wildman–Crippen MR) is 89.2 cm³/mol. The standard InChI is InChI=1S/C17H15N5O/c1-3-5-11-9-12(6-7-14(11)23-8-4-2)15-13(10-18)16(19)22-17(20)21-15/h2-3,6-7,9H,1,5,8H2,(H4,19,20,21,22). The fourth-order valence-corrected chi connectivity index (χ4v) is 2.12. The van der Waals surface area contributed by atoms with Gasteiger partial charge in [0, 0.05) is 5.56 Å². The summed E-state index contributed by atoms with van der Waals surface area (Å²) in [7, 11) is 0. The van der Waals surface area contributed by atoms with Gasteiger partial charge in [-0.05, 0) is 30.2 Å². The van der Waals surface area contributed by atoms with Crippen molar-refractivity contribution in [1.82, 2.24) is 9.97 Å². The molecule has 1 aromatic heterocycles. The summed E-state index contributed by atoms with van der Waals surface area (Å²) in [6.07, 6.45) is 7.54. The van der Waals surface area contributed by atoms with Crippen molar-refractivity contribution in [3.05, 3.63) is 42.0 Å². The molecule has 0 atom stereocenters. The Morgan fingerprint density at radius 2 is 2.13 bits per heavy atom. The van der Waals surface area contributed by atoms with Crippen LogP contribution < -0.4 is 16.2 Å². The molecule has 2 rings (SSSR count). The molecule has 0 amide bonds. The number of nitriles is 1. The highest BCUT2D eigenvalue weighted by Crippen LogP contribution is 2.30. The highest BCUT2D eigenvalue weighted by Gasteiger charge is 2.15. The smallest absolute Gasteiger partial charge is 0.222 e. The fourth-order valence-electron chi connectivity index (χ4n) is 2.12. The molecule has 1 heterocycles. The maximum Gasteiger partial charge on any atom is 0.222 e. The Labute approximate surface area is 134 Å². The van der Waals surface area contributed by atoms with E-state index in [9.17, 15) is 5.26 Å². The van der Waals surface area contributed by atoms with E-state index < -0.39 is 0 Å². The van der Waals surface area contributed by atoms with Crippen LogP contribution in [0.1, 0.15) is 11.1 Å². The molecule has 0 bridgehead atoms. The minimum atomic E-state index is 0.00873. The summed E-state index contributed by atoms with van der Waals surface area (Å²) in [4.78, 5) is 7.94. The minimum Gasteiger partial charge on any atom is -0.481 e. The average molecular weight is 305 g/mol. The van der Waals surface area contributed by atoms with Crippen LogP contribution >= 0.6 is 0 Å². The summed E-state index contributed by atoms with van der Waals surface area (Å²) >= 11 is 0. The van der Waals surface area contributed by atoms with E-state index in [4.69, 9.17) is 22.6 Å². The van der Waals surface area contributed by atoms with Gasteiger partial charge in [-0.25, -0.2) is 4.98 Å². The van der Waals surface area contributed by atoms with Gasteiger partial charge in [0.25, 0.3) is 0 Å². The molecular weight excluding hydrogens is 290 g/mol. The topological polar surface area (TPSA) is 111 Å². The molecule has 0 aliphatic heterocycles. The molecule has 6 heteroatoms. The largest absolute Gasteiger partial charge is 0.481 e. The SMILES string of the molecule is C#CCOc1ccc(-c2nc(N)nc(N)c2C#N)cc1CC=C. The molecule has 0 radical (unpaired) electrons. The average Bonchev–Trinajstić information content (AvgIpc) is 2.53. The van der Waals surface area contributed by atoms with Crippen LogP contribution in [0.3, 0.4) is 0 Å². The van der Waals surface area contributed by atoms with Crippen molar-refractivity contribution in [2.75, 3.05) is 18.1 Å². The molecule has 0 aliphatic rings. The number of benzene rings is 1. The van der Waals surface area contributed by atoms with Gasteiger partial charge in [0.05, 0.1) is 5.69 Å². The van der Waals surface area contributed by atoms with Crippen LogP contribution in [0.4, 0.5) is 11.8 Å². The van der Waals surface area contributed by atoms with Crippen LogP contribution in [0.25, 0.3) is 11.3 Å². The number of nitrogen functional groups attached to an aromatic ring is 2. The lowest BCUT2D eigenvalue weighted by Gasteiger charge is -2.12. The Hall–Kier alpha value is -3.51. The summed E-state index contributed by atoms with van der Waals surface area (Å²) in [5, 5.41) is 9.28. The number of hydrogen-bond acceptors (Lipinski definition) is 6. The zero-order valence-electron chi connectivity index (χ0n) is 12.4. The molecule has 6 nitrogen and oxygen atoms in total. The molecule has 1 aromatic carbocycles. The predicted octanol–water partition coefficient (Wildman–Crippen LogP) is 1.92. The van der Waals surface area contributed by atoms with E-state index in [-0.39, 0.29) is 23.9 Å². The lowest BCUT2D eigenvalue weighted by molar-refractivity contribution is 0.367. The van der Waals surface area contributed by atoms with E-state index in [1.165, 1.54) is 0 Å². The zero-order chi connectivity index (χ0) is 16.8. The van der Waals surface area contributed by atoms with Gasteiger partial charge in [-0.2, -0.15) is 10.2 Å². The lowest BCUT2D eigenvalue weighted by Crippen LogP contribution is -2.05. The van der Waals surface area contributed by atoms with Crippen LogP contribution in [0, 0.1) is 23.7 Å². The molecule has 0 unspecified atom stereocenters. The Morgan fingerprint density at radius 1 is 1.35 bits per heavy atom. The van der Waals surface area contributed by atoms with E-state index in [1.54, 1.807) is 18.2 Å². The first kappa shape index (κ1) is 15.9.